The molecule has 1 aliphatic carbocycles. The number of hydrogen-bond acceptors (Lipinski definition) is 3. The predicted molar refractivity (Wildman–Crippen MR) is 138 cm³/mol. The summed E-state index contributed by atoms with van der Waals surface area (Å²) in [5, 5.41) is 7.00. The number of carbonyl (C=O) groups is 1. The van der Waals surface area contributed by atoms with Gasteiger partial charge < -0.3 is 9.84 Å². The van der Waals surface area contributed by atoms with E-state index in [4.69, 9.17) is 9.84 Å². The molecular weight excluding hydrogens is 396 g/mol. The van der Waals surface area contributed by atoms with Gasteiger partial charge in [-0.05, 0) is 69.8 Å². The van der Waals surface area contributed by atoms with Gasteiger partial charge in [0.05, 0.1) is 6.10 Å². The second-order valence-electron chi connectivity index (χ2n) is 8.67. The molecule has 0 spiro atoms. The Morgan fingerprint density at radius 3 is 2.38 bits per heavy atom. The molecule has 0 aromatic heterocycles. The Morgan fingerprint density at radius 1 is 1.00 bits per heavy atom. The molecule has 1 aromatic carbocycles. The van der Waals surface area contributed by atoms with Crippen molar-refractivity contribution in [3.8, 4) is 0 Å². The molecule has 0 saturated heterocycles. The molecule has 2 rings (SSSR count). The van der Waals surface area contributed by atoms with Crippen LogP contribution in [0.3, 0.4) is 0 Å². The van der Waals surface area contributed by atoms with Gasteiger partial charge in [-0.3, -0.25) is 4.79 Å². The third-order valence-electron chi connectivity index (χ3n) is 5.92. The van der Waals surface area contributed by atoms with Crippen molar-refractivity contribution >= 4 is 5.97 Å². The third kappa shape index (κ3) is 15.2. The van der Waals surface area contributed by atoms with Crippen LogP contribution in [0.5, 0.6) is 0 Å². The summed E-state index contributed by atoms with van der Waals surface area (Å²) in [7, 11) is 1.00. The highest BCUT2D eigenvalue weighted by atomic mass is 16.5. The van der Waals surface area contributed by atoms with Crippen molar-refractivity contribution < 1.29 is 14.6 Å². The van der Waals surface area contributed by atoms with Crippen LogP contribution in [0.4, 0.5) is 0 Å². The average molecular weight is 447 g/mol. The zero-order chi connectivity index (χ0) is 24.0. The van der Waals surface area contributed by atoms with Gasteiger partial charge in [0, 0.05) is 13.5 Å². The highest BCUT2D eigenvalue weighted by Crippen LogP contribution is 2.37. The first-order valence-electron chi connectivity index (χ1n) is 13.0. The number of carbonyl (C=O) groups excluding carboxylic acids is 1. The predicted octanol–water partition coefficient (Wildman–Crippen LogP) is 7.91. The van der Waals surface area contributed by atoms with E-state index in [-0.39, 0.29) is 12.1 Å². The van der Waals surface area contributed by atoms with E-state index in [1.54, 1.807) is 0 Å². The molecule has 0 radical (unpaired) electrons. The van der Waals surface area contributed by atoms with Crippen molar-refractivity contribution in [2.45, 2.75) is 111 Å². The first-order valence-corrected chi connectivity index (χ1v) is 13.0. The van der Waals surface area contributed by atoms with E-state index in [1.165, 1.54) is 63.4 Å². The second kappa shape index (κ2) is 21.2. The Morgan fingerprint density at radius 2 is 1.69 bits per heavy atom. The normalized spacial score (nSPS) is 17.5. The lowest BCUT2D eigenvalue weighted by Gasteiger charge is -2.18. The largest absolute Gasteiger partial charge is 0.463 e. The van der Waals surface area contributed by atoms with E-state index in [0.29, 0.717) is 6.42 Å². The number of allylic oxidation sites excluding steroid dienone is 2. The maximum atomic E-state index is 11.5. The number of aliphatic hydroxyl groups excluding tert-OH is 1. The summed E-state index contributed by atoms with van der Waals surface area (Å²) in [5.74, 6) is 1.75. The highest BCUT2D eigenvalue weighted by molar-refractivity contribution is 5.69. The van der Waals surface area contributed by atoms with E-state index in [2.05, 4.69) is 42.5 Å². The summed E-state index contributed by atoms with van der Waals surface area (Å²) in [4.78, 5) is 11.5. The van der Waals surface area contributed by atoms with Crippen molar-refractivity contribution in [1.82, 2.24) is 0 Å². The molecule has 1 aromatic rings. The van der Waals surface area contributed by atoms with Gasteiger partial charge in [-0.25, -0.2) is 0 Å². The van der Waals surface area contributed by atoms with Crippen molar-refractivity contribution in [3.63, 3.8) is 0 Å². The molecule has 1 aliphatic rings. The van der Waals surface area contributed by atoms with Crippen LogP contribution in [0.1, 0.15) is 104 Å². The first kappa shape index (κ1) is 30.4. The standard InChI is InChI=1S/C26H40O2.C2H6.CH4O/c1-22(2)28-26(27)21-12-4-3-10-17-24-19-13-20-25(24)18-11-6-9-16-23-14-7-5-8-15-23;2*1-2/h3,5,7-8,10,14-15,22,24-25H,4,6,9,11-13,16-21H2,1-2H3;1-2H3;2H,1H3/b10-3-;;/t24-,25?;;/m0../s1. The number of benzene rings is 1. The monoisotopic (exact) mass is 446 g/mol. The van der Waals surface area contributed by atoms with Crippen molar-refractivity contribution in [3.05, 3.63) is 48.0 Å². The maximum absolute atomic E-state index is 11.5. The second-order valence-corrected chi connectivity index (χ2v) is 8.67. The fourth-order valence-corrected chi connectivity index (χ4v) is 4.44. The Hall–Kier alpha value is -1.61. The molecular formula is C29H50O3. The average Bonchev–Trinajstić information content (AvgIpc) is 3.26. The molecule has 32 heavy (non-hydrogen) atoms. The highest BCUT2D eigenvalue weighted by Gasteiger charge is 2.25. The van der Waals surface area contributed by atoms with Crippen LogP contribution in [-0.4, -0.2) is 24.3 Å². The molecule has 0 amide bonds. The lowest BCUT2D eigenvalue weighted by molar-refractivity contribution is -0.147. The minimum atomic E-state index is -0.0634. The number of hydrogen-bond donors (Lipinski definition) is 1. The van der Waals surface area contributed by atoms with E-state index in [0.717, 1.165) is 31.8 Å². The number of aliphatic hydroxyl groups is 1. The van der Waals surface area contributed by atoms with Gasteiger partial charge in [-0.15, -0.1) is 0 Å². The van der Waals surface area contributed by atoms with Gasteiger partial charge >= 0.3 is 5.97 Å². The van der Waals surface area contributed by atoms with Gasteiger partial charge in [0.15, 0.2) is 0 Å². The zero-order valence-electron chi connectivity index (χ0n) is 21.5. The van der Waals surface area contributed by atoms with Gasteiger partial charge in [0.25, 0.3) is 0 Å². The van der Waals surface area contributed by atoms with Crippen molar-refractivity contribution in [2.24, 2.45) is 11.8 Å². The summed E-state index contributed by atoms with van der Waals surface area (Å²) < 4.78 is 5.17. The lowest BCUT2D eigenvalue weighted by Crippen LogP contribution is -2.10. The van der Waals surface area contributed by atoms with Gasteiger partial charge in [-0.2, -0.15) is 0 Å². The van der Waals surface area contributed by atoms with Crippen molar-refractivity contribution in [2.75, 3.05) is 7.11 Å². The SMILES string of the molecule is CC.CC(C)OC(=O)CCC/C=C\C[C@H]1CCCC1CCCCCc1ccccc1.CO. The minimum absolute atomic E-state index is 0.000630. The smallest absolute Gasteiger partial charge is 0.306 e. The number of unbranched alkanes of at least 4 members (excludes halogenated alkanes) is 3. The van der Waals surface area contributed by atoms with Crippen LogP contribution in [-0.2, 0) is 16.0 Å². The van der Waals surface area contributed by atoms with Crippen LogP contribution in [0.15, 0.2) is 42.5 Å². The fourth-order valence-electron chi connectivity index (χ4n) is 4.44. The zero-order valence-corrected chi connectivity index (χ0v) is 21.5. The van der Waals surface area contributed by atoms with Crippen LogP contribution < -0.4 is 0 Å². The Kier molecular flexibility index (Phi) is 20.2. The number of aryl methyl sites for hydroxylation is 1. The number of esters is 1. The molecule has 1 saturated carbocycles. The summed E-state index contributed by atoms with van der Waals surface area (Å²) in [6.07, 6.45) is 19.2. The van der Waals surface area contributed by atoms with Gasteiger partial charge in [0.2, 0.25) is 0 Å². The van der Waals surface area contributed by atoms with Gasteiger partial charge in [-0.1, -0.05) is 88.4 Å². The molecule has 0 aliphatic heterocycles. The van der Waals surface area contributed by atoms with E-state index < -0.39 is 0 Å². The quantitative estimate of drug-likeness (QED) is 0.190. The molecule has 0 heterocycles. The van der Waals surface area contributed by atoms with Crippen molar-refractivity contribution in [1.29, 1.82) is 0 Å². The lowest BCUT2D eigenvalue weighted by atomic mass is 9.88. The van der Waals surface area contributed by atoms with E-state index in [1.807, 2.05) is 27.7 Å². The molecule has 3 heteroatoms. The van der Waals surface area contributed by atoms with Gasteiger partial charge in [0.1, 0.15) is 0 Å². The van der Waals surface area contributed by atoms with E-state index >= 15 is 0 Å². The van der Waals surface area contributed by atoms with Crippen LogP contribution in [0, 0.1) is 11.8 Å². The summed E-state index contributed by atoms with van der Waals surface area (Å²) in [6.45, 7) is 7.80. The first-order chi connectivity index (χ1) is 15.6. The molecule has 2 atom stereocenters. The number of ether oxygens (including phenoxy) is 1. The molecule has 1 fully saturated rings. The summed E-state index contributed by atoms with van der Waals surface area (Å²) >= 11 is 0. The van der Waals surface area contributed by atoms with Crippen LogP contribution in [0.2, 0.25) is 0 Å². The Labute approximate surface area is 198 Å². The number of rotatable bonds is 13. The Bertz CT molecular complexity index is 565. The molecule has 0 bridgehead atoms. The third-order valence-corrected chi connectivity index (χ3v) is 5.92. The summed E-state index contributed by atoms with van der Waals surface area (Å²) in [5.41, 5.74) is 1.48. The minimum Gasteiger partial charge on any atom is -0.463 e. The molecule has 1 unspecified atom stereocenters. The molecule has 184 valence electrons. The fraction of sp³-hybridized carbons (Fsp3) is 0.690. The van der Waals surface area contributed by atoms with E-state index in [9.17, 15) is 4.79 Å². The topological polar surface area (TPSA) is 46.5 Å². The molecule has 1 N–H and O–H groups in total. The Balaban J connectivity index is 0.00000227. The van der Waals surface area contributed by atoms with Crippen LogP contribution >= 0.6 is 0 Å². The summed E-state index contributed by atoms with van der Waals surface area (Å²) in [6, 6.07) is 10.9. The molecule has 3 nitrogen and oxygen atoms in total. The maximum Gasteiger partial charge on any atom is 0.306 e. The van der Waals surface area contributed by atoms with Crippen LogP contribution in [0.25, 0.3) is 0 Å².